The smallest absolute Gasteiger partial charge is 0.243 e. The van der Waals surface area contributed by atoms with Gasteiger partial charge < -0.3 is 10.1 Å². The summed E-state index contributed by atoms with van der Waals surface area (Å²) in [5.41, 5.74) is 0.383. The third-order valence-electron chi connectivity index (χ3n) is 3.93. The molecule has 156 valence electrons. The number of benzene rings is 2. The summed E-state index contributed by atoms with van der Waals surface area (Å²) in [4.78, 5) is 16.2. The quantitative estimate of drug-likeness (QED) is 0.536. The van der Waals surface area contributed by atoms with Crippen molar-refractivity contribution in [2.45, 2.75) is 4.90 Å². The highest BCUT2D eigenvalue weighted by Gasteiger charge is 2.23. The van der Waals surface area contributed by atoms with Gasteiger partial charge >= 0.3 is 0 Å². The zero-order valence-electron chi connectivity index (χ0n) is 15.7. The van der Waals surface area contributed by atoms with Gasteiger partial charge in [-0.25, -0.2) is 17.8 Å². The molecule has 0 saturated heterocycles. The Balaban J connectivity index is 1.59. The van der Waals surface area contributed by atoms with Crippen LogP contribution in [0.5, 0.6) is 11.6 Å². The van der Waals surface area contributed by atoms with Gasteiger partial charge in [-0.2, -0.15) is 4.31 Å². The Morgan fingerprint density at radius 1 is 1.17 bits per heavy atom. The molecule has 0 fully saturated rings. The average molecular weight is 494 g/mol. The zero-order valence-corrected chi connectivity index (χ0v) is 18.2. The van der Waals surface area contributed by atoms with E-state index in [-0.39, 0.29) is 4.90 Å². The van der Waals surface area contributed by atoms with Gasteiger partial charge in [0, 0.05) is 17.6 Å². The van der Waals surface area contributed by atoms with E-state index in [1.807, 2.05) is 12.1 Å². The van der Waals surface area contributed by atoms with Gasteiger partial charge in [0.1, 0.15) is 11.6 Å². The Bertz CT molecular complexity index is 1140. The first-order valence-electron chi connectivity index (χ1n) is 8.65. The van der Waals surface area contributed by atoms with Crippen LogP contribution in [0.15, 0.2) is 76.2 Å². The number of amides is 1. The lowest BCUT2D eigenvalue weighted by Crippen LogP contribution is -2.35. The molecule has 0 aliphatic heterocycles. The number of ether oxygens (including phenoxy) is 1. The van der Waals surface area contributed by atoms with E-state index in [0.29, 0.717) is 17.3 Å². The van der Waals surface area contributed by atoms with E-state index >= 15 is 0 Å². The standard InChI is InChI=1S/C20H17BrFN3O4S/c1-25(30(27,28)18-8-5-15(22)6-9-18)13-19(26)24-16-7-10-20(23-12-16)29-17-4-2-3-14(21)11-17/h2-12H,13H2,1H3,(H,24,26). The predicted octanol–water partition coefficient (Wildman–Crippen LogP) is 4.03. The van der Waals surface area contributed by atoms with Crippen LogP contribution < -0.4 is 10.1 Å². The number of carbonyl (C=O) groups is 1. The number of rotatable bonds is 7. The van der Waals surface area contributed by atoms with Crippen LogP contribution in [0.1, 0.15) is 0 Å². The van der Waals surface area contributed by atoms with Crippen molar-refractivity contribution in [2.75, 3.05) is 18.9 Å². The maximum atomic E-state index is 13.0. The molecule has 1 N–H and O–H groups in total. The van der Waals surface area contributed by atoms with Crippen molar-refractivity contribution in [3.8, 4) is 11.6 Å². The molecule has 0 spiro atoms. The van der Waals surface area contributed by atoms with Crippen LogP contribution in [0.25, 0.3) is 0 Å². The van der Waals surface area contributed by atoms with E-state index < -0.39 is 28.3 Å². The van der Waals surface area contributed by atoms with Gasteiger partial charge in [-0.3, -0.25) is 4.79 Å². The molecule has 3 rings (SSSR count). The molecule has 0 atom stereocenters. The number of pyridine rings is 1. The molecule has 0 saturated carbocycles. The summed E-state index contributed by atoms with van der Waals surface area (Å²) in [6.45, 7) is -0.421. The summed E-state index contributed by atoms with van der Waals surface area (Å²) in [5, 5.41) is 2.58. The van der Waals surface area contributed by atoms with Crippen molar-refractivity contribution in [3.05, 3.63) is 77.2 Å². The summed E-state index contributed by atoms with van der Waals surface area (Å²) in [6.07, 6.45) is 1.40. The monoisotopic (exact) mass is 493 g/mol. The predicted molar refractivity (Wildman–Crippen MR) is 113 cm³/mol. The lowest BCUT2D eigenvalue weighted by atomic mass is 10.3. The summed E-state index contributed by atoms with van der Waals surface area (Å²) in [7, 11) is -2.65. The Morgan fingerprint density at radius 2 is 1.90 bits per heavy atom. The minimum atomic E-state index is -3.92. The van der Waals surface area contributed by atoms with E-state index in [0.717, 1.165) is 33.0 Å². The number of aromatic nitrogens is 1. The maximum Gasteiger partial charge on any atom is 0.243 e. The highest BCUT2D eigenvalue weighted by molar-refractivity contribution is 9.10. The molecule has 1 aromatic heterocycles. The molecule has 7 nitrogen and oxygen atoms in total. The SMILES string of the molecule is CN(CC(=O)Nc1ccc(Oc2cccc(Br)c2)nc1)S(=O)(=O)c1ccc(F)cc1. The Morgan fingerprint density at radius 3 is 2.53 bits per heavy atom. The van der Waals surface area contributed by atoms with Gasteiger partial charge in [-0.05, 0) is 48.5 Å². The molecule has 3 aromatic rings. The largest absolute Gasteiger partial charge is 0.439 e. The second-order valence-corrected chi connectivity index (χ2v) is 9.17. The minimum Gasteiger partial charge on any atom is -0.439 e. The van der Waals surface area contributed by atoms with Crippen molar-refractivity contribution < 1.29 is 22.3 Å². The number of nitrogens with zero attached hydrogens (tertiary/aromatic N) is 2. The molecule has 30 heavy (non-hydrogen) atoms. The number of likely N-dealkylation sites (N-methyl/N-ethyl adjacent to an activating group) is 1. The molecule has 0 aliphatic rings. The first kappa shape index (κ1) is 21.9. The Labute approximate surface area is 181 Å². The van der Waals surface area contributed by atoms with Crippen molar-refractivity contribution in [1.82, 2.24) is 9.29 Å². The number of hydrogen-bond acceptors (Lipinski definition) is 5. The Hall–Kier alpha value is -2.82. The highest BCUT2D eigenvalue weighted by Crippen LogP contribution is 2.23. The summed E-state index contributed by atoms with van der Waals surface area (Å²) >= 11 is 3.35. The van der Waals surface area contributed by atoms with E-state index in [1.54, 1.807) is 24.3 Å². The van der Waals surface area contributed by atoms with Crippen LogP contribution in [-0.2, 0) is 14.8 Å². The third-order valence-corrected chi connectivity index (χ3v) is 6.24. The number of sulfonamides is 1. The van der Waals surface area contributed by atoms with Gasteiger partial charge in [-0.15, -0.1) is 0 Å². The van der Waals surface area contributed by atoms with Crippen molar-refractivity contribution in [2.24, 2.45) is 0 Å². The van der Waals surface area contributed by atoms with Gasteiger partial charge in [0.15, 0.2) is 0 Å². The molecule has 1 amide bonds. The topological polar surface area (TPSA) is 88.6 Å². The fraction of sp³-hybridized carbons (Fsp3) is 0.100. The number of carbonyl (C=O) groups excluding carboxylic acids is 1. The number of nitrogens with one attached hydrogen (secondary N) is 1. The number of anilines is 1. The number of hydrogen-bond donors (Lipinski definition) is 1. The van der Waals surface area contributed by atoms with E-state index in [1.165, 1.54) is 13.2 Å². The molecule has 2 aromatic carbocycles. The molecule has 1 heterocycles. The fourth-order valence-corrected chi connectivity index (χ4v) is 3.95. The normalized spacial score (nSPS) is 11.3. The van der Waals surface area contributed by atoms with Crippen LogP contribution in [0.2, 0.25) is 0 Å². The summed E-state index contributed by atoms with van der Waals surface area (Å²) < 4.78 is 45.3. The van der Waals surface area contributed by atoms with E-state index in [2.05, 4.69) is 26.2 Å². The van der Waals surface area contributed by atoms with Crippen molar-refractivity contribution >= 4 is 37.5 Å². The third kappa shape index (κ3) is 5.62. The molecule has 0 aliphatic carbocycles. The van der Waals surface area contributed by atoms with Gasteiger partial charge in [-0.1, -0.05) is 22.0 Å². The molecular formula is C20H17BrFN3O4S. The van der Waals surface area contributed by atoms with Crippen LogP contribution in [-0.4, -0.2) is 37.2 Å². The molecule has 0 radical (unpaired) electrons. The molecule has 0 unspecified atom stereocenters. The average Bonchev–Trinajstić information content (AvgIpc) is 2.70. The van der Waals surface area contributed by atoms with Crippen LogP contribution in [0.4, 0.5) is 10.1 Å². The van der Waals surface area contributed by atoms with Crippen LogP contribution in [0, 0.1) is 5.82 Å². The van der Waals surface area contributed by atoms with Crippen LogP contribution in [0.3, 0.4) is 0 Å². The van der Waals surface area contributed by atoms with E-state index in [9.17, 15) is 17.6 Å². The molecule has 10 heteroatoms. The molecule has 0 bridgehead atoms. The summed E-state index contributed by atoms with van der Waals surface area (Å²) in [5.74, 6) is -0.164. The summed E-state index contributed by atoms with van der Waals surface area (Å²) in [6, 6.07) is 14.8. The zero-order chi connectivity index (χ0) is 21.7. The minimum absolute atomic E-state index is 0.102. The lowest BCUT2D eigenvalue weighted by Gasteiger charge is -2.17. The first-order chi connectivity index (χ1) is 14.2. The van der Waals surface area contributed by atoms with E-state index in [4.69, 9.17) is 4.74 Å². The van der Waals surface area contributed by atoms with Crippen LogP contribution >= 0.6 is 15.9 Å². The maximum absolute atomic E-state index is 13.0. The van der Waals surface area contributed by atoms with Gasteiger partial charge in [0.05, 0.1) is 23.3 Å². The lowest BCUT2D eigenvalue weighted by molar-refractivity contribution is -0.116. The van der Waals surface area contributed by atoms with Gasteiger partial charge in [0.25, 0.3) is 0 Å². The fourth-order valence-electron chi connectivity index (χ4n) is 2.44. The second kappa shape index (κ2) is 9.33. The van der Waals surface area contributed by atoms with Gasteiger partial charge in [0.2, 0.25) is 21.8 Å². The second-order valence-electron chi connectivity index (χ2n) is 6.21. The highest BCUT2D eigenvalue weighted by atomic mass is 79.9. The Kier molecular flexibility index (Phi) is 6.80. The van der Waals surface area contributed by atoms with Crippen molar-refractivity contribution in [3.63, 3.8) is 0 Å². The molecular weight excluding hydrogens is 477 g/mol. The number of halogens is 2. The van der Waals surface area contributed by atoms with Crippen molar-refractivity contribution in [1.29, 1.82) is 0 Å². The first-order valence-corrected chi connectivity index (χ1v) is 10.9.